The van der Waals surface area contributed by atoms with Crippen molar-refractivity contribution in [2.24, 2.45) is 5.41 Å². The zero-order valence-corrected chi connectivity index (χ0v) is 13.1. The van der Waals surface area contributed by atoms with E-state index >= 15 is 0 Å². The lowest BCUT2D eigenvalue weighted by molar-refractivity contribution is -0.0369. The average Bonchev–Trinajstić information content (AvgIpc) is 2.67. The predicted octanol–water partition coefficient (Wildman–Crippen LogP) is 4.14. The highest BCUT2D eigenvalue weighted by atomic mass is 16.5. The normalized spacial score (nSPS) is 23.5. The van der Waals surface area contributed by atoms with E-state index in [1.165, 1.54) is 38.5 Å². The van der Waals surface area contributed by atoms with E-state index in [2.05, 4.69) is 39.9 Å². The second-order valence-electron chi connectivity index (χ2n) is 6.63. The Morgan fingerprint density at radius 2 is 1.89 bits per heavy atom. The molecule has 1 heterocycles. The Morgan fingerprint density at radius 3 is 2.33 bits per heavy atom. The van der Waals surface area contributed by atoms with Crippen molar-refractivity contribution in [1.82, 2.24) is 5.32 Å². The van der Waals surface area contributed by atoms with Crippen LogP contribution >= 0.6 is 0 Å². The third-order valence-electron chi connectivity index (χ3n) is 4.64. The molecule has 108 valence electrons. The molecule has 0 aliphatic carbocycles. The Kier molecular flexibility index (Phi) is 6.13. The summed E-state index contributed by atoms with van der Waals surface area (Å²) in [6.45, 7) is 13.6. The van der Waals surface area contributed by atoms with E-state index in [4.69, 9.17) is 4.74 Å². The summed E-state index contributed by atoms with van der Waals surface area (Å²) >= 11 is 0. The number of hydrogen-bond acceptors (Lipinski definition) is 2. The van der Waals surface area contributed by atoms with Crippen LogP contribution in [0, 0.1) is 5.41 Å². The molecule has 1 aliphatic rings. The lowest BCUT2D eigenvalue weighted by Crippen LogP contribution is -2.37. The van der Waals surface area contributed by atoms with Crippen LogP contribution in [-0.4, -0.2) is 24.8 Å². The zero-order valence-electron chi connectivity index (χ0n) is 13.1. The molecule has 1 saturated heterocycles. The third kappa shape index (κ3) is 4.55. The SMILES string of the molecule is CCCNCC(CC)(CC)CC1CCC(C)(C)O1. The van der Waals surface area contributed by atoms with E-state index in [0.29, 0.717) is 11.5 Å². The summed E-state index contributed by atoms with van der Waals surface area (Å²) in [5.41, 5.74) is 0.537. The molecular formula is C16H33NO. The summed E-state index contributed by atoms with van der Waals surface area (Å²) in [6, 6.07) is 0. The van der Waals surface area contributed by atoms with Gasteiger partial charge in [0.1, 0.15) is 0 Å². The molecule has 1 aliphatic heterocycles. The molecule has 1 unspecified atom stereocenters. The summed E-state index contributed by atoms with van der Waals surface area (Å²) in [5, 5.41) is 3.62. The van der Waals surface area contributed by atoms with Crippen LogP contribution in [0.3, 0.4) is 0 Å². The van der Waals surface area contributed by atoms with Crippen molar-refractivity contribution >= 4 is 0 Å². The number of nitrogens with one attached hydrogen (secondary N) is 1. The van der Waals surface area contributed by atoms with Crippen LogP contribution in [0.25, 0.3) is 0 Å². The largest absolute Gasteiger partial charge is 0.372 e. The van der Waals surface area contributed by atoms with Crippen LogP contribution in [0.15, 0.2) is 0 Å². The first-order chi connectivity index (χ1) is 8.47. The second-order valence-corrected chi connectivity index (χ2v) is 6.63. The van der Waals surface area contributed by atoms with Gasteiger partial charge in [0.25, 0.3) is 0 Å². The lowest BCUT2D eigenvalue weighted by atomic mass is 9.77. The zero-order chi connectivity index (χ0) is 13.6. The van der Waals surface area contributed by atoms with Gasteiger partial charge in [-0.25, -0.2) is 0 Å². The smallest absolute Gasteiger partial charge is 0.0631 e. The Morgan fingerprint density at radius 1 is 1.22 bits per heavy atom. The molecule has 0 saturated carbocycles. The molecule has 0 spiro atoms. The number of rotatable bonds is 8. The van der Waals surface area contributed by atoms with Gasteiger partial charge >= 0.3 is 0 Å². The van der Waals surface area contributed by atoms with E-state index in [-0.39, 0.29) is 5.60 Å². The first-order valence-corrected chi connectivity index (χ1v) is 7.85. The molecule has 0 aromatic heterocycles. The lowest BCUT2D eigenvalue weighted by Gasteiger charge is -2.35. The molecule has 2 nitrogen and oxygen atoms in total. The van der Waals surface area contributed by atoms with Crippen molar-refractivity contribution in [3.63, 3.8) is 0 Å². The Balaban J connectivity index is 2.51. The van der Waals surface area contributed by atoms with Crippen molar-refractivity contribution in [3.05, 3.63) is 0 Å². The van der Waals surface area contributed by atoms with E-state index in [0.717, 1.165) is 13.1 Å². The van der Waals surface area contributed by atoms with Crippen molar-refractivity contribution in [2.75, 3.05) is 13.1 Å². The Bertz CT molecular complexity index is 233. The van der Waals surface area contributed by atoms with Crippen LogP contribution < -0.4 is 5.32 Å². The molecular weight excluding hydrogens is 222 g/mol. The van der Waals surface area contributed by atoms with E-state index in [1.54, 1.807) is 0 Å². The standard InChI is InChI=1S/C16H33NO/c1-6-11-17-13-16(7-2,8-3)12-14-9-10-15(4,5)18-14/h14,17H,6-13H2,1-5H3. The number of ether oxygens (including phenoxy) is 1. The van der Waals surface area contributed by atoms with Gasteiger partial charge in [-0.15, -0.1) is 0 Å². The molecule has 1 fully saturated rings. The Labute approximate surface area is 114 Å². The molecule has 1 N–H and O–H groups in total. The van der Waals surface area contributed by atoms with Gasteiger partial charge in [-0.2, -0.15) is 0 Å². The summed E-state index contributed by atoms with van der Waals surface area (Å²) in [4.78, 5) is 0. The maximum absolute atomic E-state index is 6.19. The molecule has 0 bridgehead atoms. The molecule has 0 radical (unpaired) electrons. The van der Waals surface area contributed by atoms with Gasteiger partial charge < -0.3 is 10.1 Å². The van der Waals surface area contributed by atoms with Crippen LogP contribution in [0.2, 0.25) is 0 Å². The quantitative estimate of drug-likeness (QED) is 0.658. The molecule has 1 rings (SSSR count). The van der Waals surface area contributed by atoms with Gasteiger partial charge in [0.05, 0.1) is 11.7 Å². The highest BCUT2D eigenvalue weighted by Gasteiger charge is 2.37. The van der Waals surface area contributed by atoms with Crippen molar-refractivity contribution < 1.29 is 4.74 Å². The summed E-state index contributed by atoms with van der Waals surface area (Å²) in [5.74, 6) is 0. The van der Waals surface area contributed by atoms with Gasteiger partial charge in [-0.3, -0.25) is 0 Å². The fourth-order valence-electron chi connectivity index (χ4n) is 3.10. The average molecular weight is 255 g/mol. The molecule has 18 heavy (non-hydrogen) atoms. The van der Waals surface area contributed by atoms with Gasteiger partial charge in [0.2, 0.25) is 0 Å². The molecule has 1 atom stereocenters. The molecule has 0 amide bonds. The number of hydrogen-bond donors (Lipinski definition) is 1. The first kappa shape index (κ1) is 16.0. The minimum atomic E-state index is 0.106. The minimum Gasteiger partial charge on any atom is -0.372 e. The minimum absolute atomic E-state index is 0.106. The second kappa shape index (κ2) is 6.91. The topological polar surface area (TPSA) is 21.3 Å². The highest BCUT2D eigenvalue weighted by molar-refractivity contribution is 4.88. The monoisotopic (exact) mass is 255 g/mol. The predicted molar refractivity (Wildman–Crippen MR) is 79.0 cm³/mol. The van der Waals surface area contributed by atoms with E-state index < -0.39 is 0 Å². The van der Waals surface area contributed by atoms with Gasteiger partial charge in [0.15, 0.2) is 0 Å². The van der Waals surface area contributed by atoms with Crippen molar-refractivity contribution in [1.29, 1.82) is 0 Å². The van der Waals surface area contributed by atoms with Gasteiger partial charge in [-0.1, -0.05) is 20.8 Å². The summed E-state index contributed by atoms with van der Waals surface area (Å²) in [6.07, 6.45) is 7.87. The summed E-state index contributed by atoms with van der Waals surface area (Å²) in [7, 11) is 0. The molecule has 0 aromatic carbocycles. The van der Waals surface area contributed by atoms with E-state index in [9.17, 15) is 0 Å². The van der Waals surface area contributed by atoms with Crippen molar-refractivity contribution in [2.45, 2.75) is 84.8 Å². The third-order valence-corrected chi connectivity index (χ3v) is 4.64. The Hall–Kier alpha value is -0.0800. The maximum Gasteiger partial charge on any atom is 0.0631 e. The fourth-order valence-corrected chi connectivity index (χ4v) is 3.10. The fraction of sp³-hybridized carbons (Fsp3) is 1.00. The first-order valence-electron chi connectivity index (χ1n) is 7.85. The highest BCUT2D eigenvalue weighted by Crippen LogP contribution is 2.39. The van der Waals surface area contributed by atoms with Crippen LogP contribution in [0.1, 0.15) is 73.1 Å². The van der Waals surface area contributed by atoms with Gasteiger partial charge in [-0.05, 0) is 64.3 Å². The van der Waals surface area contributed by atoms with Crippen molar-refractivity contribution in [3.8, 4) is 0 Å². The molecule has 0 aromatic rings. The van der Waals surface area contributed by atoms with Crippen LogP contribution in [-0.2, 0) is 4.74 Å². The van der Waals surface area contributed by atoms with Crippen LogP contribution in [0.5, 0.6) is 0 Å². The maximum atomic E-state index is 6.19. The molecule has 2 heteroatoms. The van der Waals surface area contributed by atoms with E-state index in [1.807, 2.05) is 0 Å². The summed E-state index contributed by atoms with van der Waals surface area (Å²) < 4.78 is 6.19. The van der Waals surface area contributed by atoms with Gasteiger partial charge in [0, 0.05) is 6.54 Å². The van der Waals surface area contributed by atoms with Crippen LogP contribution in [0.4, 0.5) is 0 Å².